The number of nitrogens with two attached hydrogens (primary N) is 1. The molecule has 10 heteroatoms. The van der Waals surface area contributed by atoms with Crippen molar-refractivity contribution in [2.45, 2.75) is 6.42 Å². The number of hydrogen-bond donors (Lipinski definition) is 2. The normalized spacial score (nSPS) is 18.5. The average Bonchev–Trinajstić information content (AvgIpc) is 2.93. The maximum absolute atomic E-state index is 12.0. The SMILES string of the molecule is Cl.NCCC(=O)N1CCN(c2c(Cl)cccc2/C=C2/SC(=O)NC2=O)CC1. The maximum Gasteiger partial charge on any atom is 0.290 e. The molecule has 2 aliphatic rings. The van der Waals surface area contributed by atoms with Gasteiger partial charge in [0.05, 0.1) is 15.6 Å². The summed E-state index contributed by atoms with van der Waals surface area (Å²) in [5.74, 6) is -0.339. The zero-order valence-electron chi connectivity index (χ0n) is 14.4. The Balaban J connectivity index is 0.00000261. The van der Waals surface area contributed by atoms with Crippen molar-refractivity contribution >= 4 is 64.6 Å². The van der Waals surface area contributed by atoms with Gasteiger partial charge in [-0.2, -0.15) is 0 Å². The van der Waals surface area contributed by atoms with E-state index in [1.54, 1.807) is 23.1 Å². The van der Waals surface area contributed by atoms with Crippen LogP contribution in [0.5, 0.6) is 0 Å². The number of hydrogen-bond acceptors (Lipinski definition) is 6. The Hall–Kier alpha value is -1.74. The molecule has 146 valence electrons. The van der Waals surface area contributed by atoms with Gasteiger partial charge in [-0.3, -0.25) is 19.7 Å². The molecule has 0 atom stereocenters. The molecular formula is C17H20Cl2N4O3S. The zero-order valence-corrected chi connectivity index (χ0v) is 16.8. The third kappa shape index (κ3) is 4.95. The Kier molecular flexibility index (Phi) is 7.55. The minimum absolute atomic E-state index is 0. The monoisotopic (exact) mass is 430 g/mol. The van der Waals surface area contributed by atoms with E-state index in [2.05, 4.69) is 10.2 Å². The van der Waals surface area contributed by atoms with Crippen LogP contribution in [0.15, 0.2) is 23.1 Å². The van der Waals surface area contributed by atoms with Gasteiger partial charge in [0, 0.05) is 44.7 Å². The summed E-state index contributed by atoms with van der Waals surface area (Å²) in [4.78, 5) is 39.4. The number of piperazine rings is 1. The molecule has 2 heterocycles. The molecule has 0 aliphatic carbocycles. The van der Waals surface area contributed by atoms with Gasteiger partial charge in [0.2, 0.25) is 5.91 Å². The van der Waals surface area contributed by atoms with Crippen LogP contribution in [-0.2, 0) is 9.59 Å². The van der Waals surface area contributed by atoms with Gasteiger partial charge in [-0.25, -0.2) is 0 Å². The molecule has 0 saturated carbocycles. The van der Waals surface area contributed by atoms with E-state index in [1.165, 1.54) is 0 Å². The highest BCUT2D eigenvalue weighted by molar-refractivity contribution is 8.18. The van der Waals surface area contributed by atoms with Crippen LogP contribution in [0.3, 0.4) is 0 Å². The van der Waals surface area contributed by atoms with Crippen molar-refractivity contribution in [1.29, 1.82) is 0 Å². The molecule has 1 aromatic carbocycles. The van der Waals surface area contributed by atoms with Gasteiger partial charge in [0.1, 0.15) is 0 Å². The molecule has 0 bridgehead atoms. The van der Waals surface area contributed by atoms with Crippen LogP contribution in [0.1, 0.15) is 12.0 Å². The number of rotatable bonds is 4. The zero-order chi connectivity index (χ0) is 18.7. The lowest BCUT2D eigenvalue weighted by Crippen LogP contribution is -2.49. The third-order valence-electron chi connectivity index (χ3n) is 4.25. The highest BCUT2D eigenvalue weighted by atomic mass is 35.5. The molecule has 2 fully saturated rings. The minimum atomic E-state index is -0.400. The van der Waals surface area contributed by atoms with Crippen LogP contribution in [0, 0.1) is 0 Å². The Labute approximate surface area is 172 Å². The molecule has 0 radical (unpaired) electrons. The van der Waals surface area contributed by atoms with Gasteiger partial charge in [-0.15, -0.1) is 12.4 Å². The lowest BCUT2D eigenvalue weighted by molar-refractivity contribution is -0.131. The standard InChI is InChI=1S/C17H19ClN4O3S.ClH/c18-12-3-1-2-11(10-13-16(24)20-17(25)26-13)15(12)22-8-6-21(7-9-22)14(23)4-5-19;/h1-3,10H,4-9,19H2,(H,20,24,25);1H/b13-10+;. The van der Waals surface area contributed by atoms with E-state index in [4.69, 9.17) is 17.3 Å². The number of carbonyl (C=O) groups is 3. The van der Waals surface area contributed by atoms with Crippen molar-refractivity contribution < 1.29 is 14.4 Å². The number of carbonyl (C=O) groups excluding carboxylic acids is 3. The van der Waals surface area contributed by atoms with Crippen LogP contribution < -0.4 is 16.0 Å². The lowest BCUT2D eigenvalue weighted by Gasteiger charge is -2.37. The van der Waals surface area contributed by atoms with Gasteiger partial charge in [-0.05, 0) is 23.9 Å². The Morgan fingerprint density at radius 2 is 1.96 bits per heavy atom. The minimum Gasteiger partial charge on any atom is -0.366 e. The van der Waals surface area contributed by atoms with Crippen molar-refractivity contribution in [3.05, 3.63) is 33.7 Å². The van der Waals surface area contributed by atoms with Crippen molar-refractivity contribution in [3.8, 4) is 0 Å². The van der Waals surface area contributed by atoms with Crippen molar-refractivity contribution in [2.75, 3.05) is 37.6 Å². The molecule has 3 N–H and O–H groups in total. The fraction of sp³-hybridized carbons (Fsp3) is 0.353. The van der Waals surface area contributed by atoms with Crippen LogP contribution >= 0.6 is 35.8 Å². The molecular weight excluding hydrogens is 411 g/mol. The first kappa shape index (κ1) is 21.6. The molecule has 0 unspecified atom stereocenters. The van der Waals surface area contributed by atoms with E-state index >= 15 is 0 Å². The molecule has 3 amide bonds. The largest absolute Gasteiger partial charge is 0.366 e. The average molecular weight is 431 g/mol. The van der Waals surface area contributed by atoms with Gasteiger partial charge < -0.3 is 15.5 Å². The number of nitrogens with zero attached hydrogens (tertiary/aromatic N) is 2. The number of imide groups is 1. The number of anilines is 1. The second-order valence-corrected chi connectivity index (χ2v) is 7.36. The molecule has 27 heavy (non-hydrogen) atoms. The molecule has 2 aliphatic heterocycles. The van der Waals surface area contributed by atoms with Crippen LogP contribution in [-0.4, -0.2) is 54.7 Å². The molecule has 7 nitrogen and oxygen atoms in total. The fourth-order valence-electron chi connectivity index (χ4n) is 3.01. The summed E-state index contributed by atoms with van der Waals surface area (Å²) in [6.07, 6.45) is 2.03. The summed E-state index contributed by atoms with van der Waals surface area (Å²) in [5.41, 5.74) is 7.03. The first-order valence-electron chi connectivity index (χ1n) is 8.25. The predicted octanol–water partition coefficient (Wildman–Crippen LogP) is 2.08. The van der Waals surface area contributed by atoms with Crippen molar-refractivity contribution in [2.24, 2.45) is 5.73 Å². The van der Waals surface area contributed by atoms with E-state index < -0.39 is 5.91 Å². The lowest BCUT2D eigenvalue weighted by atomic mass is 10.1. The Morgan fingerprint density at radius 1 is 1.26 bits per heavy atom. The van der Waals surface area contributed by atoms with Gasteiger partial charge in [0.25, 0.3) is 11.1 Å². The van der Waals surface area contributed by atoms with Crippen molar-refractivity contribution in [1.82, 2.24) is 10.2 Å². The molecule has 2 saturated heterocycles. The summed E-state index contributed by atoms with van der Waals surface area (Å²) in [7, 11) is 0. The van der Waals surface area contributed by atoms with Crippen LogP contribution in [0.4, 0.5) is 10.5 Å². The number of para-hydroxylation sites is 1. The van der Waals surface area contributed by atoms with Crippen molar-refractivity contribution in [3.63, 3.8) is 0 Å². The summed E-state index contributed by atoms with van der Waals surface area (Å²) in [6, 6.07) is 5.45. The topological polar surface area (TPSA) is 95.7 Å². The highest BCUT2D eigenvalue weighted by Gasteiger charge is 2.27. The molecule has 0 spiro atoms. The second-order valence-electron chi connectivity index (χ2n) is 5.94. The second kappa shape index (κ2) is 9.45. The molecule has 1 aromatic rings. The van der Waals surface area contributed by atoms with E-state index in [9.17, 15) is 14.4 Å². The fourth-order valence-corrected chi connectivity index (χ4v) is 3.98. The number of benzene rings is 1. The van der Waals surface area contributed by atoms with Crippen LogP contribution in [0.2, 0.25) is 5.02 Å². The van der Waals surface area contributed by atoms with Gasteiger partial charge in [0.15, 0.2) is 0 Å². The van der Waals surface area contributed by atoms with Gasteiger partial charge in [-0.1, -0.05) is 23.7 Å². The van der Waals surface area contributed by atoms with E-state index in [0.29, 0.717) is 49.1 Å². The van der Waals surface area contributed by atoms with E-state index in [-0.39, 0.29) is 23.6 Å². The first-order chi connectivity index (χ1) is 12.5. The highest BCUT2D eigenvalue weighted by Crippen LogP contribution is 2.34. The number of amides is 3. The predicted molar refractivity (Wildman–Crippen MR) is 110 cm³/mol. The van der Waals surface area contributed by atoms with E-state index in [1.807, 2.05) is 6.07 Å². The Morgan fingerprint density at radius 3 is 2.56 bits per heavy atom. The molecule has 0 aromatic heterocycles. The quantitative estimate of drug-likeness (QED) is 0.709. The number of thioether (sulfide) groups is 1. The van der Waals surface area contributed by atoms with Gasteiger partial charge >= 0.3 is 0 Å². The third-order valence-corrected chi connectivity index (χ3v) is 5.37. The maximum atomic E-state index is 12.0. The van der Waals surface area contributed by atoms with Crippen LogP contribution in [0.25, 0.3) is 6.08 Å². The summed E-state index contributed by atoms with van der Waals surface area (Å²) >= 11 is 7.29. The first-order valence-corrected chi connectivity index (χ1v) is 9.45. The molecule has 3 rings (SSSR count). The number of halogens is 2. The summed E-state index contributed by atoms with van der Waals surface area (Å²) < 4.78 is 0. The summed E-state index contributed by atoms with van der Waals surface area (Å²) in [6.45, 7) is 2.80. The van der Waals surface area contributed by atoms with E-state index in [0.717, 1.165) is 23.0 Å². The smallest absolute Gasteiger partial charge is 0.290 e. The Bertz CT molecular complexity index is 779. The number of nitrogens with one attached hydrogen (secondary N) is 1. The summed E-state index contributed by atoms with van der Waals surface area (Å²) in [5, 5.41) is 2.43.